The Labute approximate surface area is 136 Å². The highest BCUT2D eigenvalue weighted by atomic mass is 35.5. The van der Waals surface area contributed by atoms with E-state index in [1.54, 1.807) is 24.3 Å². The predicted molar refractivity (Wildman–Crippen MR) is 86.1 cm³/mol. The topological polar surface area (TPSA) is 66.5 Å². The van der Waals surface area contributed by atoms with E-state index in [0.717, 1.165) is 0 Å². The summed E-state index contributed by atoms with van der Waals surface area (Å²) in [5, 5.41) is 2.97. The molecule has 0 aliphatic carbocycles. The van der Waals surface area contributed by atoms with Crippen LogP contribution in [0.5, 0.6) is 0 Å². The van der Waals surface area contributed by atoms with Crippen molar-refractivity contribution in [2.45, 2.75) is 17.7 Å². The molecule has 7 heteroatoms. The fourth-order valence-electron chi connectivity index (χ4n) is 2.47. The normalized spacial score (nSPS) is 17.1. The van der Waals surface area contributed by atoms with Gasteiger partial charge in [-0.1, -0.05) is 29.8 Å². The van der Waals surface area contributed by atoms with Gasteiger partial charge in [-0.2, -0.15) is 4.31 Å². The van der Waals surface area contributed by atoms with Crippen LogP contribution < -0.4 is 5.32 Å². The second-order valence-electron chi connectivity index (χ2n) is 5.14. The molecule has 0 spiro atoms. The number of carbonyl (C=O) groups is 1. The van der Waals surface area contributed by atoms with E-state index in [9.17, 15) is 13.2 Å². The number of benzene rings is 1. The molecule has 1 N–H and O–H groups in total. The molecular weight excluding hydrogens is 324 g/mol. The van der Waals surface area contributed by atoms with E-state index in [4.69, 9.17) is 11.6 Å². The molecule has 1 amide bonds. The van der Waals surface area contributed by atoms with Gasteiger partial charge in [0.15, 0.2) is 0 Å². The maximum absolute atomic E-state index is 12.6. The Hall–Kier alpha value is -1.37. The van der Waals surface area contributed by atoms with Crippen LogP contribution in [0.2, 0.25) is 5.02 Å². The lowest BCUT2D eigenvalue weighted by molar-refractivity contribution is -0.125. The molecule has 0 aromatic heterocycles. The molecule has 1 aliphatic rings. The predicted octanol–water partition coefficient (Wildman–Crippen LogP) is 2.04. The summed E-state index contributed by atoms with van der Waals surface area (Å²) in [6.45, 7) is 4.62. The third-order valence-corrected chi connectivity index (χ3v) is 6.10. The zero-order valence-electron chi connectivity index (χ0n) is 12.2. The van der Waals surface area contributed by atoms with Crippen LogP contribution in [0.15, 0.2) is 41.8 Å². The molecule has 1 aromatic rings. The molecule has 2 rings (SSSR count). The molecule has 22 heavy (non-hydrogen) atoms. The van der Waals surface area contributed by atoms with Crippen LogP contribution in [-0.2, 0) is 14.8 Å². The van der Waals surface area contributed by atoms with Gasteiger partial charge in [-0.3, -0.25) is 4.79 Å². The molecule has 0 radical (unpaired) electrons. The van der Waals surface area contributed by atoms with Gasteiger partial charge in [0.05, 0.1) is 5.02 Å². The first-order valence-corrected chi connectivity index (χ1v) is 8.92. The molecule has 0 unspecified atom stereocenters. The lowest BCUT2D eigenvalue weighted by Gasteiger charge is -2.30. The van der Waals surface area contributed by atoms with E-state index in [1.807, 2.05) is 0 Å². The minimum absolute atomic E-state index is 0.0466. The first kappa shape index (κ1) is 17.0. The molecule has 0 atom stereocenters. The Morgan fingerprint density at radius 2 is 2.00 bits per heavy atom. The molecule has 120 valence electrons. The lowest BCUT2D eigenvalue weighted by atomic mass is 9.97. The smallest absolute Gasteiger partial charge is 0.244 e. The second kappa shape index (κ2) is 7.26. The summed E-state index contributed by atoms with van der Waals surface area (Å²) in [7, 11) is -3.61. The molecule has 1 aromatic carbocycles. The summed E-state index contributed by atoms with van der Waals surface area (Å²) in [6.07, 6.45) is 2.63. The maximum Gasteiger partial charge on any atom is 0.244 e. The fraction of sp³-hybridized carbons (Fsp3) is 0.400. The van der Waals surface area contributed by atoms with Crippen LogP contribution in [-0.4, -0.2) is 38.3 Å². The van der Waals surface area contributed by atoms with E-state index in [1.165, 1.54) is 10.4 Å². The average molecular weight is 343 g/mol. The number of carbonyl (C=O) groups excluding carboxylic acids is 1. The van der Waals surface area contributed by atoms with Crippen molar-refractivity contribution >= 4 is 27.5 Å². The number of sulfonamides is 1. The molecule has 1 aliphatic heterocycles. The minimum Gasteiger partial charge on any atom is -0.352 e. The summed E-state index contributed by atoms with van der Waals surface area (Å²) in [5.74, 6) is -0.202. The van der Waals surface area contributed by atoms with Crippen LogP contribution >= 0.6 is 11.6 Å². The van der Waals surface area contributed by atoms with Gasteiger partial charge in [-0.25, -0.2) is 8.42 Å². The highest BCUT2D eigenvalue weighted by Gasteiger charge is 2.32. The third kappa shape index (κ3) is 3.69. The number of halogens is 1. The van der Waals surface area contributed by atoms with Gasteiger partial charge in [-0.05, 0) is 25.0 Å². The molecule has 0 saturated carbocycles. The number of amides is 1. The summed E-state index contributed by atoms with van der Waals surface area (Å²) in [5.41, 5.74) is 0. The summed E-state index contributed by atoms with van der Waals surface area (Å²) >= 11 is 5.98. The number of rotatable bonds is 5. The molecule has 1 saturated heterocycles. The Balaban J connectivity index is 2.04. The zero-order chi connectivity index (χ0) is 16.2. The van der Waals surface area contributed by atoms with Gasteiger partial charge in [0, 0.05) is 25.6 Å². The number of hydrogen-bond donors (Lipinski definition) is 1. The quantitative estimate of drug-likeness (QED) is 0.833. The second-order valence-corrected chi connectivity index (χ2v) is 7.46. The van der Waals surface area contributed by atoms with Crippen LogP contribution in [0.25, 0.3) is 0 Å². The van der Waals surface area contributed by atoms with Crippen molar-refractivity contribution in [2.75, 3.05) is 19.6 Å². The van der Waals surface area contributed by atoms with Crippen molar-refractivity contribution in [1.29, 1.82) is 0 Å². The van der Waals surface area contributed by atoms with Crippen molar-refractivity contribution in [2.24, 2.45) is 5.92 Å². The maximum atomic E-state index is 12.6. The molecule has 1 heterocycles. The van der Waals surface area contributed by atoms with Gasteiger partial charge in [0.25, 0.3) is 0 Å². The Bertz CT molecular complexity index is 653. The van der Waals surface area contributed by atoms with Crippen LogP contribution in [0.1, 0.15) is 12.8 Å². The number of nitrogens with one attached hydrogen (secondary N) is 1. The van der Waals surface area contributed by atoms with Crippen LogP contribution in [0.4, 0.5) is 0 Å². The van der Waals surface area contributed by atoms with Crippen molar-refractivity contribution in [1.82, 2.24) is 9.62 Å². The third-order valence-electron chi connectivity index (χ3n) is 3.70. The van der Waals surface area contributed by atoms with Crippen LogP contribution in [0, 0.1) is 5.92 Å². The monoisotopic (exact) mass is 342 g/mol. The Morgan fingerprint density at radius 1 is 1.36 bits per heavy atom. The van der Waals surface area contributed by atoms with Crippen LogP contribution in [0.3, 0.4) is 0 Å². The van der Waals surface area contributed by atoms with Gasteiger partial charge < -0.3 is 5.32 Å². The number of nitrogens with zero attached hydrogens (tertiary/aromatic N) is 1. The average Bonchev–Trinajstić information content (AvgIpc) is 2.53. The first-order valence-electron chi connectivity index (χ1n) is 7.10. The Morgan fingerprint density at radius 3 is 2.59 bits per heavy atom. The standard InChI is InChI=1S/C15H19ClN2O3S/c1-2-9-17-15(19)12-7-10-18(11-8-12)22(20,21)14-6-4-3-5-13(14)16/h2-6,12H,1,7-11H2,(H,17,19). The highest BCUT2D eigenvalue weighted by Crippen LogP contribution is 2.28. The van der Waals surface area contributed by atoms with Gasteiger partial charge in [0.1, 0.15) is 4.90 Å². The van der Waals surface area contributed by atoms with Crippen molar-refractivity contribution < 1.29 is 13.2 Å². The zero-order valence-corrected chi connectivity index (χ0v) is 13.7. The van der Waals surface area contributed by atoms with E-state index < -0.39 is 10.0 Å². The van der Waals surface area contributed by atoms with Crippen molar-refractivity contribution in [3.05, 3.63) is 41.9 Å². The summed E-state index contributed by atoms with van der Waals surface area (Å²) in [4.78, 5) is 12.0. The summed E-state index contributed by atoms with van der Waals surface area (Å²) in [6, 6.07) is 6.40. The van der Waals surface area contributed by atoms with Crippen molar-refractivity contribution in [3.63, 3.8) is 0 Å². The van der Waals surface area contributed by atoms with E-state index in [2.05, 4.69) is 11.9 Å². The van der Waals surface area contributed by atoms with E-state index in [0.29, 0.717) is 32.5 Å². The first-order chi connectivity index (χ1) is 10.5. The fourth-order valence-corrected chi connectivity index (χ4v) is 4.43. The summed E-state index contributed by atoms with van der Waals surface area (Å²) < 4.78 is 26.6. The lowest BCUT2D eigenvalue weighted by Crippen LogP contribution is -2.43. The van der Waals surface area contributed by atoms with E-state index in [-0.39, 0.29) is 21.7 Å². The number of hydrogen-bond acceptors (Lipinski definition) is 3. The molecule has 1 fully saturated rings. The SMILES string of the molecule is C=CCNC(=O)C1CCN(S(=O)(=O)c2ccccc2Cl)CC1. The highest BCUT2D eigenvalue weighted by molar-refractivity contribution is 7.89. The molecule has 0 bridgehead atoms. The molecule has 5 nitrogen and oxygen atoms in total. The number of piperidine rings is 1. The van der Waals surface area contributed by atoms with Crippen molar-refractivity contribution in [3.8, 4) is 0 Å². The van der Waals surface area contributed by atoms with Gasteiger partial charge >= 0.3 is 0 Å². The largest absolute Gasteiger partial charge is 0.352 e. The van der Waals surface area contributed by atoms with Gasteiger partial charge in [-0.15, -0.1) is 6.58 Å². The Kier molecular flexibility index (Phi) is 5.61. The molecular formula is C15H19ClN2O3S. The van der Waals surface area contributed by atoms with Gasteiger partial charge in [0.2, 0.25) is 15.9 Å². The minimum atomic E-state index is -3.61. The van der Waals surface area contributed by atoms with E-state index >= 15 is 0 Å².